The van der Waals surface area contributed by atoms with Gasteiger partial charge in [0.2, 0.25) is 0 Å². The molecule has 0 aromatic heterocycles. The van der Waals surface area contributed by atoms with Crippen molar-refractivity contribution in [3.63, 3.8) is 0 Å². The Hall–Kier alpha value is -2.28. The van der Waals surface area contributed by atoms with Gasteiger partial charge in [0.25, 0.3) is 0 Å². The van der Waals surface area contributed by atoms with Crippen LogP contribution in [0.1, 0.15) is 11.1 Å². The van der Waals surface area contributed by atoms with Crippen molar-refractivity contribution in [2.75, 3.05) is 0 Å². The third-order valence-electron chi connectivity index (χ3n) is 2.57. The molecule has 2 rings (SSSR count). The molecular formula is C14H7F3N. The molecule has 0 aliphatic heterocycles. The Balaban J connectivity index is 2.75. The van der Waals surface area contributed by atoms with E-state index in [1.807, 2.05) is 6.07 Å². The molecule has 0 fully saturated rings. The van der Waals surface area contributed by atoms with E-state index in [0.717, 1.165) is 12.1 Å². The first kappa shape index (κ1) is 12.2. The predicted octanol–water partition coefficient (Wildman–Crippen LogP) is 3.75. The van der Waals surface area contributed by atoms with Crippen LogP contribution >= 0.6 is 0 Å². The summed E-state index contributed by atoms with van der Waals surface area (Å²) < 4.78 is 39.7. The number of nitrogens with zero attached hydrogens (tertiary/aromatic N) is 1. The lowest BCUT2D eigenvalue weighted by Crippen LogP contribution is -1.95. The van der Waals surface area contributed by atoms with E-state index in [-0.39, 0.29) is 11.1 Å². The molecule has 0 saturated carbocycles. The molecule has 0 heterocycles. The minimum Gasteiger partial charge on any atom is -0.207 e. The molecule has 0 N–H and O–H groups in total. The summed E-state index contributed by atoms with van der Waals surface area (Å²) in [5.41, 5.74) is 0.613. The summed E-state index contributed by atoms with van der Waals surface area (Å²) in [4.78, 5) is 0. The van der Waals surface area contributed by atoms with Crippen LogP contribution < -0.4 is 0 Å². The fraction of sp³-hybridized carbons (Fsp3) is 0.0714. The zero-order chi connectivity index (χ0) is 13.3. The van der Waals surface area contributed by atoms with Gasteiger partial charge in [-0.15, -0.1) is 0 Å². The van der Waals surface area contributed by atoms with E-state index in [0.29, 0.717) is 11.1 Å². The minimum absolute atomic E-state index is 0.0589. The van der Waals surface area contributed by atoms with Gasteiger partial charge in [-0.25, -0.2) is 13.2 Å². The summed E-state index contributed by atoms with van der Waals surface area (Å²) in [6.07, 6.45) is 0. The lowest BCUT2D eigenvalue weighted by atomic mass is 9.96. The number of aryl methyl sites for hydroxylation is 1. The third kappa shape index (κ3) is 2.07. The highest BCUT2D eigenvalue weighted by atomic mass is 19.1. The molecule has 0 aliphatic rings. The molecule has 4 heteroatoms. The van der Waals surface area contributed by atoms with Crippen LogP contribution in [-0.4, -0.2) is 0 Å². The first-order valence-corrected chi connectivity index (χ1v) is 5.11. The van der Waals surface area contributed by atoms with Crippen molar-refractivity contribution in [2.24, 2.45) is 0 Å². The Labute approximate surface area is 102 Å². The fourth-order valence-corrected chi connectivity index (χ4v) is 1.78. The quantitative estimate of drug-likeness (QED) is 0.751. The number of rotatable bonds is 1. The van der Waals surface area contributed by atoms with Crippen molar-refractivity contribution in [3.05, 3.63) is 58.9 Å². The Kier molecular flexibility index (Phi) is 3.07. The van der Waals surface area contributed by atoms with Crippen molar-refractivity contribution in [1.29, 1.82) is 5.26 Å². The van der Waals surface area contributed by atoms with Gasteiger partial charge in [0.15, 0.2) is 0 Å². The van der Waals surface area contributed by atoms with Crippen LogP contribution in [0.4, 0.5) is 13.2 Å². The summed E-state index contributed by atoms with van der Waals surface area (Å²) in [5, 5.41) is 8.90. The van der Waals surface area contributed by atoms with Crippen LogP contribution in [0.2, 0.25) is 0 Å². The maximum atomic E-state index is 13.7. The molecule has 0 spiro atoms. The van der Waals surface area contributed by atoms with Gasteiger partial charge in [0.1, 0.15) is 17.5 Å². The average molecular weight is 246 g/mol. The molecule has 0 unspecified atom stereocenters. The van der Waals surface area contributed by atoms with Gasteiger partial charge in [0, 0.05) is 5.56 Å². The minimum atomic E-state index is -0.957. The normalized spacial score (nSPS) is 10.2. The molecule has 0 amide bonds. The van der Waals surface area contributed by atoms with Gasteiger partial charge in [-0.1, -0.05) is 6.07 Å². The highest BCUT2D eigenvalue weighted by Gasteiger charge is 2.15. The molecule has 1 radical (unpaired) electrons. The summed E-state index contributed by atoms with van der Waals surface area (Å²) in [7, 11) is 0. The zero-order valence-corrected chi connectivity index (χ0v) is 9.39. The maximum Gasteiger partial charge on any atom is 0.143 e. The molecule has 2 aromatic rings. The first-order valence-electron chi connectivity index (χ1n) is 5.11. The molecule has 18 heavy (non-hydrogen) atoms. The lowest BCUT2D eigenvalue weighted by Gasteiger charge is -2.09. The second-order valence-corrected chi connectivity index (χ2v) is 3.79. The van der Waals surface area contributed by atoms with Gasteiger partial charge < -0.3 is 0 Å². The number of nitriles is 1. The van der Waals surface area contributed by atoms with E-state index < -0.39 is 17.5 Å². The van der Waals surface area contributed by atoms with Crippen LogP contribution in [0.3, 0.4) is 0 Å². The van der Waals surface area contributed by atoms with Gasteiger partial charge in [0.05, 0.1) is 17.7 Å². The van der Waals surface area contributed by atoms with E-state index >= 15 is 0 Å². The second-order valence-electron chi connectivity index (χ2n) is 3.79. The van der Waals surface area contributed by atoms with E-state index in [4.69, 9.17) is 5.26 Å². The van der Waals surface area contributed by atoms with E-state index in [1.165, 1.54) is 12.1 Å². The molecule has 0 saturated heterocycles. The summed E-state index contributed by atoms with van der Waals surface area (Å²) in [5.74, 6) is -2.35. The second kappa shape index (κ2) is 4.53. The maximum absolute atomic E-state index is 13.7. The van der Waals surface area contributed by atoms with E-state index in [2.05, 4.69) is 0 Å². The Bertz CT molecular complexity index is 657. The topological polar surface area (TPSA) is 23.8 Å². The van der Waals surface area contributed by atoms with Gasteiger partial charge in [-0.05, 0) is 36.2 Å². The third-order valence-corrected chi connectivity index (χ3v) is 2.57. The van der Waals surface area contributed by atoms with Crippen molar-refractivity contribution >= 4 is 0 Å². The van der Waals surface area contributed by atoms with Crippen molar-refractivity contribution < 1.29 is 13.2 Å². The smallest absolute Gasteiger partial charge is 0.143 e. The van der Waals surface area contributed by atoms with Crippen LogP contribution in [0.25, 0.3) is 11.1 Å². The Morgan fingerprint density at radius 2 is 1.89 bits per heavy atom. The number of hydrogen-bond donors (Lipinski definition) is 0. The van der Waals surface area contributed by atoms with Crippen LogP contribution in [0.5, 0.6) is 0 Å². The van der Waals surface area contributed by atoms with Gasteiger partial charge in [-0.3, -0.25) is 0 Å². The fourth-order valence-electron chi connectivity index (χ4n) is 1.78. The monoisotopic (exact) mass is 246 g/mol. The largest absolute Gasteiger partial charge is 0.207 e. The average Bonchev–Trinajstić information content (AvgIpc) is 2.29. The van der Waals surface area contributed by atoms with Crippen molar-refractivity contribution in [3.8, 4) is 17.2 Å². The molecule has 89 valence electrons. The van der Waals surface area contributed by atoms with Crippen molar-refractivity contribution in [2.45, 2.75) is 6.92 Å². The highest BCUT2D eigenvalue weighted by molar-refractivity contribution is 5.73. The molecule has 0 atom stereocenters. The van der Waals surface area contributed by atoms with E-state index in [1.54, 1.807) is 13.0 Å². The number of hydrogen-bond acceptors (Lipinski definition) is 1. The predicted molar refractivity (Wildman–Crippen MR) is 60.0 cm³/mol. The van der Waals surface area contributed by atoms with Crippen LogP contribution in [-0.2, 0) is 0 Å². The first-order chi connectivity index (χ1) is 8.52. The van der Waals surface area contributed by atoms with Gasteiger partial charge in [-0.2, -0.15) is 5.26 Å². The van der Waals surface area contributed by atoms with Crippen LogP contribution in [0, 0.1) is 41.8 Å². The lowest BCUT2D eigenvalue weighted by molar-refractivity contribution is 0.580. The number of halogens is 3. The number of benzene rings is 2. The molecule has 0 bridgehead atoms. The highest BCUT2D eigenvalue weighted by Crippen LogP contribution is 2.30. The SMILES string of the molecule is Cc1cc(F)ccc1-c1c(F)[c]c(F)cc1C#N. The van der Waals surface area contributed by atoms with E-state index in [9.17, 15) is 13.2 Å². The standard InChI is InChI=1S/C14H7F3N/c1-8-4-10(15)2-3-12(8)14-9(7-18)5-11(16)6-13(14)17/h2-5H,1H3. The van der Waals surface area contributed by atoms with Crippen LogP contribution in [0.15, 0.2) is 24.3 Å². The zero-order valence-electron chi connectivity index (χ0n) is 9.39. The van der Waals surface area contributed by atoms with Gasteiger partial charge >= 0.3 is 0 Å². The Morgan fingerprint density at radius 3 is 2.50 bits per heavy atom. The molecule has 0 aliphatic carbocycles. The Morgan fingerprint density at radius 1 is 1.17 bits per heavy atom. The summed E-state index contributed by atoms with van der Waals surface area (Å²) in [6, 6.07) is 8.24. The molecular weight excluding hydrogens is 239 g/mol. The van der Waals surface area contributed by atoms with Crippen molar-refractivity contribution in [1.82, 2.24) is 0 Å². The molecule has 1 nitrogen and oxygen atoms in total. The molecule has 2 aromatic carbocycles. The summed E-state index contributed by atoms with van der Waals surface area (Å²) in [6.45, 7) is 1.59. The summed E-state index contributed by atoms with van der Waals surface area (Å²) >= 11 is 0.